The Labute approximate surface area is 224 Å². The molecule has 5 rings (SSSR count). The number of hydrogen-bond donors (Lipinski definition) is 2. The standard InChI is InChI=1S/C28H36N4O5S/c1-4-14-29-27(34)32-19-28(12-15-31(16-13-28)38(35,36)21-8-6-5-7-9-21)25-22-11-10-20(37-3)17-23(22)30(2)26(25)24(32)18-33/h5-11,17,24,33H,4,12-16,18-19H2,1-3H3,(H,29,34)/t24-/m0/s1. The van der Waals surface area contributed by atoms with Crippen LogP contribution in [0, 0.1) is 0 Å². The maximum atomic E-state index is 13.4. The van der Waals surface area contributed by atoms with Crippen LogP contribution in [0.3, 0.4) is 0 Å². The van der Waals surface area contributed by atoms with Crippen molar-refractivity contribution in [3.8, 4) is 5.75 Å². The second-order valence-electron chi connectivity index (χ2n) is 10.3. The Balaban J connectivity index is 1.60. The minimum Gasteiger partial charge on any atom is -0.497 e. The lowest BCUT2D eigenvalue weighted by atomic mass is 9.68. The predicted molar refractivity (Wildman–Crippen MR) is 146 cm³/mol. The van der Waals surface area contributed by atoms with Gasteiger partial charge in [-0.25, -0.2) is 13.2 Å². The average molecular weight is 541 g/mol. The molecule has 3 aromatic rings. The van der Waals surface area contributed by atoms with E-state index in [0.29, 0.717) is 43.9 Å². The third kappa shape index (κ3) is 4.24. The maximum absolute atomic E-state index is 13.4. The van der Waals surface area contributed by atoms with E-state index in [1.54, 1.807) is 46.6 Å². The van der Waals surface area contributed by atoms with Gasteiger partial charge in [0.05, 0.1) is 30.2 Å². The smallest absolute Gasteiger partial charge is 0.318 e. The SMILES string of the molecule is CCCNC(=O)N1CC2(CCN(S(=O)(=O)c3ccccc3)CC2)c2c(n(C)c3cc(OC)ccc23)[C@@H]1CO. The number of piperidine rings is 1. The number of fused-ring (bicyclic) bond motifs is 4. The van der Waals surface area contributed by atoms with Crippen LogP contribution in [0.1, 0.15) is 43.5 Å². The Bertz CT molecular complexity index is 1430. The monoisotopic (exact) mass is 540 g/mol. The number of sulfonamides is 1. The number of carbonyl (C=O) groups excluding carboxylic acids is 1. The van der Waals surface area contributed by atoms with E-state index in [4.69, 9.17) is 4.74 Å². The summed E-state index contributed by atoms with van der Waals surface area (Å²) in [6, 6.07) is 13.8. The summed E-state index contributed by atoms with van der Waals surface area (Å²) < 4.78 is 35.9. The van der Waals surface area contributed by atoms with Gasteiger partial charge in [0.15, 0.2) is 0 Å². The van der Waals surface area contributed by atoms with E-state index >= 15 is 0 Å². The molecule has 2 amide bonds. The van der Waals surface area contributed by atoms with Gasteiger partial charge in [-0.2, -0.15) is 4.31 Å². The van der Waals surface area contributed by atoms with Crippen molar-refractivity contribution in [2.45, 2.75) is 42.5 Å². The molecule has 2 aliphatic heterocycles. The minimum atomic E-state index is -3.62. The lowest BCUT2D eigenvalue weighted by Gasteiger charge is -2.50. The van der Waals surface area contributed by atoms with Crippen LogP contribution in [-0.4, -0.2) is 73.2 Å². The minimum absolute atomic E-state index is 0.210. The van der Waals surface area contributed by atoms with Gasteiger partial charge in [0.2, 0.25) is 10.0 Å². The Morgan fingerprint density at radius 1 is 1.16 bits per heavy atom. The summed E-state index contributed by atoms with van der Waals surface area (Å²) in [6.45, 7) is 3.43. The number of aliphatic hydroxyl groups excluding tert-OH is 1. The molecule has 1 spiro atoms. The number of aromatic nitrogens is 1. The van der Waals surface area contributed by atoms with Crippen LogP contribution >= 0.6 is 0 Å². The molecule has 2 aliphatic rings. The molecule has 3 heterocycles. The number of nitrogens with one attached hydrogen (secondary N) is 1. The molecular formula is C28H36N4O5S. The first-order valence-electron chi connectivity index (χ1n) is 13.1. The van der Waals surface area contributed by atoms with Gasteiger partial charge in [-0.15, -0.1) is 0 Å². The number of benzene rings is 2. The highest BCUT2D eigenvalue weighted by Gasteiger charge is 2.50. The van der Waals surface area contributed by atoms with Gasteiger partial charge in [0.25, 0.3) is 0 Å². The normalized spacial score (nSPS) is 19.5. The number of carbonyl (C=O) groups is 1. The van der Waals surface area contributed by atoms with Crippen LogP contribution in [0.2, 0.25) is 0 Å². The molecule has 204 valence electrons. The lowest BCUT2D eigenvalue weighted by molar-refractivity contribution is 0.0784. The number of nitrogens with zero attached hydrogens (tertiary/aromatic N) is 3. The number of rotatable bonds is 6. The second kappa shape index (κ2) is 10.2. The third-order valence-corrected chi connectivity index (χ3v) is 10.1. The van der Waals surface area contributed by atoms with Crippen LogP contribution in [0.5, 0.6) is 5.75 Å². The van der Waals surface area contributed by atoms with Gasteiger partial charge in [-0.3, -0.25) is 0 Å². The zero-order chi connectivity index (χ0) is 27.1. The fourth-order valence-corrected chi connectivity index (χ4v) is 7.67. The van der Waals surface area contributed by atoms with Gasteiger partial charge in [0, 0.05) is 55.8 Å². The summed E-state index contributed by atoms with van der Waals surface area (Å²) in [4.78, 5) is 15.4. The number of aryl methyl sites for hydroxylation is 1. The molecule has 2 aromatic carbocycles. The summed E-state index contributed by atoms with van der Waals surface area (Å²) in [5.74, 6) is 0.728. The first-order valence-corrected chi connectivity index (χ1v) is 14.6. The van der Waals surface area contributed by atoms with Crippen molar-refractivity contribution in [3.63, 3.8) is 0 Å². The highest BCUT2D eigenvalue weighted by Crippen LogP contribution is 2.50. The molecule has 1 fully saturated rings. The van der Waals surface area contributed by atoms with Crippen molar-refractivity contribution in [2.24, 2.45) is 7.05 Å². The predicted octanol–water partition coefficient (Wildman–Crippen LogP) is 3.38. The van der Waals surface area contributed by atoms with Crippen LogP contribution in [-0.2, 0) is 22.5 Å². The quantitative estimate of drug-likeness (QED) is 0.499. The molecule has 0 saturated carbocycles. The summed E-state index contributed by atoms with van der Waals surface area (Å²) in [5.41, 5.74) is 2.50. The summed E-state index contributed by atoms with van der Waals surface area (Å²) in [6.07, 6.45) is 1.93. The molecule has 38 heavy (non-hydrogen) atoms. The van der Waals surface area contributed by atoms with Crippen LogP contribution in [0.25, 0.3) is 10.9 Å². The third-order valence-electron chi connectivity index (χ3n) is 8.17. The van der Waals surface area contributed by atoms with Crippen molar-refractivity contribution in [1.29, 1.82) is 0 Å². The maximum Gasteiger partial charge on any atom is 0.318 e. The van der Waals surface area contributed by atoms with Crippen molar-refractivity contribution < 1.29 is 23.1 Å². The fraction of sp³-hybridized carbons (Fsp3) is 0.464. The molecule has 1 atom stereocenters. The van der Waals surface area contributed by atoms with E-state index in [2.05, 4.69) is 9.88 Å². The first kappa shape index (κ1) is 26.5. The van der Waals surface area contributed by atoms with E-state index in [0.717, 1.165) is 34.3 Å². The van der Waals surface area contributed by atoms with Crippen LogP contribution in [0.15, 0.2) is 53.4 Å². The number of urea groups is 1. The summed E-state index contributed by atoms with van der Waals surface area (Å²) >= 11 is 0. The Hall–Kier alpha value is -3.08. The van der Waals surface area contributed by atoms with Crippen molar-refractivity contribution >= 4 is 27.0 Å². The molecule has 9 nitrogen and oxygen atoms in total. The van der Waals surface area contributed by atoms with Gasteiger partial charge in [-0.05, 0) is 49.1 Å². The Kier molecular flexibility index (Phi) is 7.15. The molecule has 0 bridgehead atoms. The molecule has 10 heteroatoms. The summed E-state index contributed by atoms with van der Waals surface area (Å²) in [5, 5.41) is 14.6. The van der Waals surface area contributed by atoms with Crippen molar-refractivity contribution in [1.82, 2.24) is 19.1 Å². The van der Waals surface area contributed by atoms with Gasteiger partial charge < -0.3 is 24.6 Å². The number of aliphatic hydroxyl groups is 1. The Morgan fingerprint density at radius 3 is 2.50 bits per heavy atom. The van der Waals surface area contributed by atoms with Crippen LogP contribution < -0.4 is 10.1 Å². The number of methoxy groups -OCH3 is 1. The Morgan fingerprint density at radius 2 is 1.87 bits per heavy atom. The highest BCUT2D eigenvalue weighted by molar-refractivity contribution is 7.89. The van der Waals surface area contributed by atoms with E-state index in [-0.39, 0.29) is 12.6 Å². The van der Waals surface area contributed by atoms with E-state index < -0.39 is 21.5 Å². The molecule has 2 N–H and O–H groups in total. The molecule has 0 aliphatic carbocycles. The number of amides is 2. The zero-order valence-corrected chi connectivity index (χ0v) is 23.0. The van der Waals surface area contributed by atoms with E-state index in [1.165, 1.54) is 0 Å². The molecule has 0 radical (unpaired) electrons. The molecule has 0 unspecified atom stereocenters. The molecular weight excluding hydrogens is 504 g/mol. The largest absolute Gasteiger partial charge is 0.497 e. The van der Waals surface area contributed by atoms with Gasteiger partial charge >= 0.3 is 6.03 Å². The van der Waals surface area contributed by atoms with E-state index in [1.807, 2.05) is 32.2 Å². The molecule has 1 aromatic heterocycles. The van der Waals surface area contributed by atoms with Gasteiger partial charge in [-0.1, -0.05) is 25.1 Å². The van der Waals surface area contributed by atoms with Crippen molar-refractivity contribution in [3.05, 3.63) is 59.8 Å². The van der Waals surface area contributed by atoms with E-state index in [9.17, 15) is 18.3 Å². The number of hydrogen-bond acceptors (Lipinski definition) is 5. The van der Waals surface area contributed by atoms with Gasteiger partial charge in [0.1, 0.15) is 5.75 Å². The first-order chi connectivity index (χ1) is 18.3. The molecule has 1 saturated heterocycles. The fourth-order valence-electron chi connectivity index (χ4n) is 6.21. The average Bonchev–Trinajstić information content (AvgIpc) is 3.24. The number of ether oxygens (including phenoxy) is 1. The zero-order valence-electron chi connectivity index (χ0n) is 22.2. The topological polar surface area (TPSA) is 104 Å². The highest BCUT2D eigenvalue weighted by atomic mass is 32.2. The second-order valence-corrected chi connectivity index (χ2v) is 12.2. The van der Waals surface area contributed by atoms with Crippen molar-refractivity contribution in [2.75, 3.05) is 39.9 Å². The van der Waals surface area contributed by atoms with Crippen LogP contribution in [0.4, 0.5) is 4.79 Å². The lowest BCUT2D eigenvalue weighted by Crippen LogP contribution is -2.57. The summed E-state index contributed by atoms with van der Waals surface area (Å²) in [7, 11) is -0.0322.